The zero-order valence-electron chi connectivity index (χ0n) is 15.0. The molecule has 2 amide bonds. The molecule has 2 aliphatic heterocycles. The van der Waals surface area contributed by atoms with Crippen molar-refractivity contribution >= 4 is 45.7 Å². The summed E-state index contributed by atoms with van der Waals surface area (Å²) >= 11 is 2.44. The molecule has 28 heavy (non-hydrogen) atoms. The Hall–Kier alpha value is -2.58. The number of hydrogen-bond donors (Lipinski definition) is 0. The summed E-state index contributed by atoms with van der Waals surface area (Å²) in [6.45, 7) is 0.940. The van der Waals surface area contributed by atoms with Crippen LogP contribution in [-0.4, -0.2) is 43.5 Å². The number of amidine groups is 2. The molecule has 0 saturated carbocycles. The number of amides is 2. The van der Waals surface area contributed by atoms with Crippen LogP contribution in [0.5, 0.6) is 0 Å². The fourth-order valence-electron chi connectivity index (χ4n) is 2.90. The van der Waals surface area contributed by atoms with Gasteiger partial charge in [0.05, 0.1) is 24.6 Å². The molecule has 2 saturated heterocycles. The molecule has 0 N–H and O–H groups in total. The fourth-order valence-corrected chi connectivity index (χ4v) is 4.48. The Morgan fingerprint density at radius 3 is 1.46 bits per heavy atom. The van der Waals surface area contributed by atoms with Crippen molar-refractivity contribution in [3.63, 3.8) is 0 Å². The van der Waals surface area contributed by atoms with E-state index in [1.807, 2.05) is 60.7 Å². The SMILES string of the molecule is O=C1SCC(=NN=C2CSC(=O)N2Cc2ccccc2)N1Cc1ccccc1. The van der Waals surface area contributed by atoms with E-state index in [0.717, 1.165) is 11.1 Å². The first-order valence-corrected chi connectivity index (χ1v) is 10.8. The maximum Gasteiger partial charge on any atom is 0.287 e. The summed E-state index contributed by atoms with van der Waals surface area (Å²) in [6.07, 6.45) is 0. The number of carbonyl (C=O) groups excluding carboxylic acids is 2. The summed E-state index contributed by atoms with van der Waals surface area (Å²) in [5, 5.41) is 8.63. The van der Waals surface area contributed by atoms with Crippen LogP contribution in [-0.2, 0) is 13.1 Å². The molecule has 4 rings (SSSR count). The van der Waals surface area contributed by atoms with Gasteiger partial charge in [0.2, 0.25) is 0 Å². The van der Waals surface area contributed by atoms with Crippen LogP contribution >= 0.6 is 23.5 Å². The van der Waals surface area contributed by atoms with E-state index in [9.17, 15) is 9.59 Å². The van der Waals surface area contributed by atoms with Crippen molar-refractivity contribution in [1.82, 2.24) is 9.80 Å². The Balaban J connectivity index is 1.52. The summed E-state index contributed by atoms with van der Waals surface area (Å²) in [4.78, 5) is 27.8. The average molecular weight is 411 g/mol. The smallest absolute Gasteiger partial charge is 0.284 e. The summed E-state index contributed by atoms with van der Waals surface area (Å²) in [5.74, 6) is 2.22. The van der Waals surface area contributed by atoms with E-state index in [2.05, 4.69) is 10.2 Å². The first-order chi connectivity index (χ1) is 13.7. The van der Waals surface area contributed by atoms with E-state index >= 15 is 0 Å². The van der Waals surface area contributed by atoms with Crippen molar-refractivity contribution in [2.45, 2.75) is 13.1 Å². The number of rotatable bonds is 5. The van der Waals surface area contributed by atoms with E-state index in [0.29, 0.717) is 36.3 Å². The molecule has 0 bridgehead atoms. The zero-order chi connectivity index (χ0) is 19.3. The molecule has 2 aromatic carbocycles. The normalized spacial score (nSPS) is 20.0. The van der Waals surface area contributed by atoms with Crippen molar-refractivity contribution in [2.75, 3.05) is 11.5 Å². The molecular weight excluding hydrogens is 392 g/mol. The molecule has 2 fully saturated rings. The third-order valence-electron chi connectivity index (χ3n) is 4.36. The average Bonchev–Trinajstić information content (AvgIpc) is 3.25. The molecule has 8 heteroatoms. The molecule has 0 spiro atoms. The quantitative estimate of drug-likeness (QED) is 0.684. The minimum absolute atomic E-state index is 0.0270. The number of nitrogens with zero attached hydrogens (tertiary/aromatic N) is 4. The Morgan fingerprint density at radius 1 is 0.679 bits per heavy atom. The summed E-state index contributed by atoms with van der Waals surface area (Å²) in [6, 6.07) is 19.6. The molecule has 0 unspecified atom stereocenters. The third-order valence-corrected chi connectivity index (χ3v) is 6.10. The molecule has 0 atom stereocenters. The van der Waals surface area contributed by atoms with Gasteiger partial charge in [0.25, 0.3) is 10.5 Å². The number of hydrogen-bond acceptors (Lipinski definition) is 6. The van der Waals surface area contributed by atoms with Gasteiger partial charge >= 0.3 is 0 Å². The Morgan fingerprint density at radius 2 is 1.07 bits per heavy atom. The van der Waals surface area contributed by atoms with Crippen LogP contribution in [0, 0.1) is 0 Å². The molecular formula is C20H18N4O2S2. The Kier molecular flexibility index (Phi) is 5.78. The van der Waals surface area contributed by atoms with Gasteiger partial charge in [-0.25, -0.2) is 0 Å². The topological polar surface area (TPSA) is 65.3 Å². The van der Waals surface area contributed by atoms with Crippen LogP contribution in [0.2, 0.25) is 0 Å². The zero-order valence-corrected chi connectivity index (χ0v) is 16.7. The largest absolute Gasteiger partial charge is 0.287 e. The lowest BCUT2D eigenvalue weighted by atomic mass is 10.2. The van der Waals surface area contributed by atoms with E-state index < -0.39 is 0 Å². The molecule has 2 heterocycles. The first kappa shape index (κ1) is 18.8. The van der Waals surface area contributed by atoms with Crippen molar-refractivity contribution in [1.29, 1.82) is 0 Å². The van der Waals surface area contributed by atoms with E-state index in [4.69, 9.17) is 0 Å². The summed E-state index contributed by atoms with van der Waals surface area (Å²) in [7, 11) is 0. The monoisotopic (exact) mass is 410 g/mol. The first-order valence-electron chi connectivity index (χ1n) is 8.80. The highest BCUT2D eigenvalue weighted by molar-refractivity contribution is 8.15. The van der Waals surface area contributed by atoms with Gasteiger partial charge in [0, 0.05) is 0 Å². The van der Waals surface area contributed by atoms with Gasteiger partial charge in [0.1, 0.15) is 11.7 Å². The Bertz CT molecular complexity index is 854. The van der Waals surface area contributed by atoms with E-state index in [1.165, 1.54) is 23.5 Å². The maximum atomic E-state index is 12.2. The van der Waals surface area contributed by atoms with Gasteiger partial charge in [-0.1, -0.05) is 84.2 Å². The van der Waals surface area contributed by atoms with Gasteiger partial charge in [-0.2, -0.15) is 0 Å². The fraction of sp³-hybridized carbons (Fsp3) is 0.200. The highest BCUT2D eigenvalue weighted by atomic mass is 32.2. The number of thioether (sulfide) groups is 2. The predicted molar refractivity (Wildman–Crippen MR) is 115 cm³/mol. The summed E-state index contributed by atoms with van der Waals surface area (Å²) < 4.78 is 0. The molecule has 0 aromatic heterocycles. The minimum Gasteiger partial charge on any atom is -0.284 e. The van der Waals surface area contributed by atoms with Gasteiger partial charge in [-0.15, -0.1) is 10.2 Å². The van der Waals surface area contributed by atoms with Gasteiger partial charge in [0.15, 0.2) is 0 Å². The number of carbonyl (C=O) groups is 2. The van der Waals surface area contributed by atoms with Crippen LogP contribution in [0.4, 0.5) is 9.59 Å². The van der Waals surface area contributed by atoms with Crippen molar-refractivity contribution in [3.05, 3.63) is 71.8 Å². The molecule has 142 valence electrons. The molecule has 6 nitrogen and oxygen atoms in total. The lowest BCUT2D eigenvalue weighted by Gasteiger charge is -2.16. The standard InChI is InChI=1S/C20H18N4O2S2/c25-19-23(11-15-7-3-1-4-8-15)17(13-27-19)21-22-18-14-28-20(26)24(18)12-16-9-5-2-6-10-16/h1-10H,11-14H2. The van der Waals surface area contributed by atoms with Crippen molar-refractivity contribution in [2.24, 2.45) is 10.2 Å². The lowest BCUT2D eigenvalue weighted by molar-refractivity contribution is 0.242. The van der Waals surface area contributed by atoms with Crippen LogP contribution in [0.15, 0.2) is 70.9 Å². The van der Waals surface area contributed by atoms with E-state index in [-0.39, 0.29) is 10.5 Å². The van der Waals surface area contributed by atoms with Gasteiger partial charge < -0.3 is 0 Å². The highest BCUT2D eigenvalue weighted by Crippen LogP contribution is 2.25. The maximum absolute atomic E-state index is 12.2. The lowest BCUT2D eigenvalue weighted by Crippen LogP contribution is -2.30. The van der Waals surface area contributed by atoms with Crippen molar-refractivity contribution < 1.29 is 9.59 Å². The van der Waals surface area contributed by atoms with Crippen LogP contribution in [0.3, 0.4) is 0 Å². The highest BCUT2D eigenvalue weighted by Gasteiger charge is 2.30. The molecule has 0 radical (unpaired) electrons. The molecule has 0 aliphatic carbocycles. The second-order valence-corrected chi connectivity index (χ2v) is 8.14. The van der Waals surface area contributed by atoms with Crippen LogP contribution in [0.25, 0.3) is 0 Å². The number of benzene rings is 2. The van der Waals surface area contributed by atoms with Gasteiger partial charge in [-0.05, 0) is 11.1 Å². The van der Waals surface area contributed by atoms with Crippen LogP contribution < -0.4 is 0 Å². The molecule has 2 aromatic rings. The molecule has 2 aliphatic rings. The van der Waals surface area contributed by atoms with Crippen LogP contribution in [0.1, 0.15) is 11.1 Å². The van der Waals surface area contributed by atoms with Crippen molar-refractivity contribution in [3.8, 4) is 0 Å². The second-order valence-electron chi connectivity index (χ2n) is 6.29. The predicted octanol–water partition coefficient (Wildman–Crippen LogP) is 4.44. The van der Waals surface area contributed by atoms with Gasteiger partial charge in [-0.3, -0.25) is 19.4 Å². The second kappa shape index (κ2) is 8.62. The summed E-state index contributed by atoms with van der Waals surface area (Å²) in [5.41, 5.74) is 2.08. The third kappa shape index (κ3) is 4.28. The van der Waals surface area contributed by atoms with E-state index in [1.54, 1.807) is 9.80 Å². The minimum atomic E-state index is -0.0270. The Labute approximate surface area is 171 Å².